The van der Waals surface area contributed by atoms with Crippen molar-refractivity contribution in [2.75, 3.05) is 5.32 Å². The number of aromatic nitrogens is 1. The Balaban J connectivity index is 1.39. The molecule has 0 radical (unpaired) electrons. The third-order valence-corrected chi connectivity index (χ3v) is 5.57. The fourth-order valence-electron chi connectivity index (χ4n) is 2.92. The lowest BCUT2D eigenvalue weighted by Gasteiger charge is -2.08. The molecule has 0 aliphatic carbocycles. The molecule has 0 fully saturated rings. The lowest BCUT2D eigenvalue weighted by molar-refractivity contribution is 0.251. The van der Waals surface area contributed by atoms with E-state index in [0.29, 0.717) is 6.54 Å². The van der Waals surface area contributed by atoms with Gasteiger partial charge in [0.05, 0.1) is 10.2 Å². The van der Waals surface area contributed by atoms with E-state index in [1.807, 2.05) is 55.5 Å². The molecular weight excluding hydrogens is 366 g/mol. The molecule has 1 aromatic heterocycles. The fourth-order valence-corrected chi connectivity index (χ4v) is 3.98. The zero-order chi connectivity index (χ0) is 19.5. The molecule has 0 atom stereocenters. The molecule has 4 aromatic rings. The number of aryl methyl sites for hydroxylation is 2. The molecule has 0 spiro atoms. The summed E-state index contributed by atoms with van der Waals surface area (Å²) in [5.74, 6) is 0. The van der Waals surface area contributed by atoms with Crippen molar-refractivity contribution in [3.63, 3.8) is 0 Å². The highest BCUT2D eigenvalue weighted by Gasteiger charge is 2.07. The number of amides is 2. The van der Waals surface area contributed by atoms with Crippen molar-refractivity contribution < 1.29 is 4.79 Å². The van der Waals surface area contributed by atoms with Gasteiger partial charge in [-0.25, -0.2) is 9.78 Å². The second-order valence-electron chi connectivity index (χ2n) is 6.86. The smallest absolute Gasteiger partial charge is 0.319 e. The summed E-state index contributed by atoms with van der Waals surface area (Å²) < 4.78 is 1.19. The van der Waals surface area contributed by atoms with Crippen LogP contribution in [0, 0.1) is 13.8 Å². The van der Waals surface area contributed by atoms with E-state index in [9.17, 15) is 4.79 Å². The van der Waals surface area contributed by atoms with E-state index in [-0.39, 0.29) is 6.03 Å². The van der Waals surface area contributed by atoms with Crippen molar-refractivity contribution in [1.82, 2.24) is 10.3 Å². The van der Waals surface area contributed by atoms with Gasteiger partial charge >= 0.3 is 6.03 Å². The summed E-state index contributed by atoms with van der Waals surface area (Å²) in [7, 11) is 0. The van der Waals surface area contributed by atoms with E-state index in [2.05, 4.69) is 35.8 Å². The highest BCUT2D eigenvalue weighted by atomic mass is 32.1. The van der Waals surface area contributed by atoms with Gasteiger partial charge in [-0.15, -0.1) is 11.3 Å². The van der Waals surface area contributed by atoms with Crippen molar-refractivity contribution in [3.05, 3.63) is 83.4 Å². The molecule has 0 aliphatic rings. The van der Waals surface area contributed by atoms with E-state index in [0.717, 1.165) is 27.3 Å². The Morgan fingerprint density at radius 3 is 2.39 bits per heavy atom. The summed E-state index contributed by atoms with van der Waals surface area (Å²) in [4.78, 5) is 16.8. The van der Waals surface area contributed by atoms with Gasteiger partial charge in [0, 0.05) is 17.8 Å². The van der Waals surface area contributed by atoms with Crippen LogP contribution in [-0.4, -0.2) is 11.0 Å². The average Bonchev–Trinajstić information content (AvgIpc) is 3.11. The zero-order valence-electron chi connectivity index (χ0n) is 15.8. The standard InChI is InChI=1S/C23H21N3OS/c1-15-3-6-17(7-4-15)14-24-23(27)25-19-10-8-18(9-11-19)22-26-20-12-5-16(2)13-21(20)28-22/h3-13H,14H2,1-2H3,(H2,24,25,27). The van der Waals surface area contributed by atoms with Crippen molar-refractivity contribution in [1.29, 1.82) is 0 Å². The minimum atomic E-state index is -0.219. The first-order valence-electron chi connectivity index (χ1n) is 9.15. The van der Waals surface area contributed by atoms with Crippen LogP contribution in [0.3, 0.4) is 0 Å². The minimum Gasteiger partial charge on any atom is -0.334 e. The quantitative estimate of drug-likeness (QED) is 0.458. The van der Waals surface area contributed by atoms with Gasteiger partial charge in [-0.05, 0) is 61.4 Å². The van der Waals surface area contributed by atoms with Crippen LogP contribution in [0.15, 0.2) is 66.7 Å². The summed E-state index contributed by atoms with van der Waals surface area (Å²) >= 11 is 1.68. The van der Waals surface area contributed by atoms with E-state index in [1.165, 1.54) is 15.8 Å². The van der Waals surface area contributed by atoms with Gasteiger partial charge in [-0.2, -0.15) is 0 Å². The molecule has 3 aromatic carbocycles. The summed E-state index contributed by atoms with van der Waals surface area (Å²) in [6, 6.07) is 22.0. The van der Waals surface area contributed by atoms with Crippen LogP contribution in [0.4, 0.5) is 10.5 Å². The summed E-state index contributed by atoms with van der Waals surface area (Å²) in [6.45, 7) is 4.63. The number of carbonyl (C=O) groups excluding carboxylic acids is 1. The summed E-state index contributed by atoms with van der Waals surface area (Å²) in [6.07, 6.45) is 0. The van der Waals surface area contributed by atoms with E-state index in [1.54, 1.807) is 11.3 Å². The highest BCUT2D eigenvalue weighted by Crippen LogP contribution is 2.31. The van der Waals surface area contributed by atoms with Gasteiger partial charge < -0.3 is 10.6 Å². The Morgan fingerprint density at radius 1 is 0.929 bits per heavy atom. The Labute approximate surface area is 168 Å². The van der Waals surface area contributed by atoms with Crippen LogP contribution in [0.1, 0.15) is 16.7 Å². The molecule has 0 aliphatic heterocycles. The maximum atomic E-state index is 12.1. The normalized spacial score (nSPS) is 10.8. The first kappa shape index (κ1) is 18.2. The van der Waals surface area contributed by atoms with Gasteiger partial charge in [0.15, 0.2) is 0 Å². The van der Waals surface area contributed by atoms with E-state index < -0.39 is 0 Å². The lowest BCUT2D eigenvalue weighted by atomic mass is 10.1. The third-order valence-electron chi connectivity index (χ3n) is 4.51. The molecule has 1 heterocycles. The molecular formula is C23H21N3OS. The maximum absolute atomic E-state index is 12.1. The average molecular weight is 388 g/mol. The topological polar surface area (TPSA) is 54.0 Å². The number of benzene rings is 3. The van der Waals surface area contributed by atoms with Crippen molar-refractivity contribution in [2.24, 2.45) is 0 Å². The second kappa shape index (κ2) is 7.82. The molecule has 2 amide bonds. The number of nitrogens with zero attached hydrogens (tertiary/aromatic N) is 1. The number of thiazole rings is 1. The van der Waals surface area contributed by atoms with E-state index >= 15 is 0 Å². The molecule has 28 heavy (non-hydrogen) atoms. The van der Waals surface area contributed by atoms with Gasteiger partial charge in [0.2, 0.25) is 0 Å². The summed E-state index contributed by atoms with van der Waals surface area (Å²) in [5, 5.41) is 6.73. The molecule has 2 N–H and O–H groups in total. The number of fused-ring (bicyclic) bond motifs is 1. The van der Waals surface area contributed by atoms with Gasteiger partial charge in [0.1, 0.15) is 5.01 Å². The number of carbonyl (C=O) groups is 1. The van der Waals surface area contributed by atoms with Crippen LogP contribution in [0.2, 0.25) is 0 Å². The van der Waals surface area contributed by atoms with Crippen LogP contribution in [0.5, 0.6) is 0 Å². The summed E-state index contributed by atoms with van der Waals surface area (Å²) in [5.41, 5.74) is 6.33. The van der Waals surface area contributed by atoms with Crippen LogP contribution in [-0.2, 0) is 6.54 Å². The molecule has 140 valence electrons. The molecule has 5 heteroatoms. The van der Waals surface area contributed by atoms with Gasteiger partial charge in [-0.3, -0.25) is 0 Å². The van der Waals surface area contributed by atoms with Crippen LogP contribution in [0.25, 0.3) is 20.8 Å². The third kappa shape index (κ3) is 4.21. The Morgan fingerprint density at radius 2 is 1.64 bits per heavy atom. The van der Waals surface area contributed by atoms with Gasteiger partial charge in [-0.1, -0.05) is 35.9 Å². The largest absolute Gasteiger partial charge is 0.334 e. The molecule has 4 rings (SSSR count). The first-order valence-corrected chi connectivity index (χ1v) is 9.96. The Kier molecular flexibility index (Phi) is 5.08. The van der Waals surface area contributed by atoms with Crippen molar-refractivity contribution >= 4 is 33.3 Å². The molecule has 0 unspecified atom stereocenters. The van der Waals surface area contributed by atoms with Crippen molar-refractivity contribution in [2.45, 2.75) is 20.4 Å². The monoisotopic (exact) mass is 387 g/mol. The molecule has 0 bridgehead atoms. The predicted octanol–water partition coefficient (Wildman–Crippen LogP) is 5.90. The highest BCUT2D eigenvalue weighted by molar-refractivity contribution is 7.21. The maximum Gasteiger partial charge on any atom is 0.319 e. The molecule has 4 nitrogen and oxygen atoms in total. The van der Waals surface area contributed by atoms with E-state index in [4.69, 9.17) is 4.98 Å². The molecule has 0 saturated carbocycles. The number of anilines is 1. The number of urea groups is 1. The minimum absolute atomic E-state index is 0.219. The fraction of sp³-hybridized carbons (Fsp3) is 0.130. The van der Waals surface area contributed by atoms with Crippen LogP contribution >= 0.6 is 11.3 Å². The van der Waals surface area contributed by atoms with Crippen LogP contribution < -0.4 is 10.6 Å². The van der Waals surface area contributed by atoms with Crippen molar-refractivity contribution in [3.8, 4) is 10.6 Å². The first-order chi connectivity index (χ1) is 13.6. The van der Waals surface area contributed by atoms with Gasteiger partial charge in [0.25, 0.3) is 0 Å². The second-order valence-corrected chi connectivity index (χ2v) is 7.89. The number of hydrogen-bond donors (Lipinski definition) is 2. The number of nitrogens with one attached hydrogen (secondary N) is 2. The Bertz CT molecular complexity index is 1120. The zero-order valence-corrected chi connectivity index (χ0v) is 16.6. The SMILES string of the molecule is Cc1ccc(CNC(=O)Nc2ccc(-c3nc4ccc(C)cc4s3)cc2)cc1. The predicted molar refractivity (Wildman–Crippen MR) is 117 cm³/mol. The molecule has 0 saturated heterocycles. The number of hydrogen-bond acceptors (Lipinski definition) is 3. The lowest BCUT2D eigenvalue weighted by Crippen LogP contribution is -2.28. The Hall–Kier alpha value is -3.18. The number of rotatable bonds is 4.